The number of hydrogen-bond donors (Lipinski definition) is 1. The van der Waals surface area contributed by atoms with Crippen LogP contribution in [0.25, 0.3) is 0 Å². The monoisotopic (exact) mass is 378 g/mol. The fraction of sp³-hybridized carbons (Fsp3) is 0.450. The first-order valence-electron chi connectivity index (χ1n) is 8.68. The van der Waals surface area contributed by atoms with E-state index in [-0.39, 0.29) is 0 Å². The van der Waals surface area contributed by atoms with E-state index in [9.17, 15) is 20.6 Å². The predicted octanol–water partition coefficient (Wildman–Crippen LogP) is 2.84. The Morgan fingerprint density at radius 2 is 1.82 bits per heavy atom. The van der Waals surface area contributed by atoms with Crippen LogP contribution in [0.5, 0.6) is 0 Å². The minimum Gasteiger partial charge on any atom is -0.465 e. The standard InChI is InChI=1S/C20H18N4O4/c1-4-14-18(2)27-15(12-5-7-13(8-6-12)16(25)26-3)19(9-21,10-22)20(14,11-23)17(24)28-18/h5-8,14-15,24H,4H2,1-3H3. The first kappa shape index (κ1) is 19.4. The smallest absolute Gasteiger partial charge is 0.337 e. The lowest BCUT2D eigenvalue weighted by Gasteiger charge is -2.48. The van der Waals surface area contributed by atoms with Crippen molar-refractivity contribution in [1.82, 2.24) is 0 Å². The molecule has 1 aromatic carbocycles. The zero-order valence-electron chi connectivity index (χ0n) is 15.6. The van der Waals surface area contributed by atoms with Crippen molar-refractivity contribution in [2.24, 2.45) is 16.7 Å². The van der Waals surface area contributed by atoms with Crippen molar-refractivity contribution in [1.29, 1.82) is 21.2 Å². The second-order valence-electron chi connectivity index (χ2n) is 6.97. The molecule has 2 bridgehead atoms. The quantitative estimate of drug-likeness (QED) is 0.797. The first-order valence-corrected chi connectivity index (χ1v) is 8.68. The van der Waals surface area contributed by atoms with E-state index in [1.54, 1.807) is 26.0 Å². The molecule has 0 aromatic heterocycles. The van der Waals surface area contributed by atoms with Gasteiger partial charge in [-0.05, 0) is 24.1 Å². The van der Waals surface area contributed by atoms with E-state index in [4.69, 9.17) is 14.9 Å². The Morgan fingerprint density at radius 3 is 2.29 bits per heavy atom. The first-order chi connectivity index (χ1) is 13.3. The largest absolute Gasteiger partial charge is 0.465 e. The predicted molar refractivity (Wildman–Crippen MR) is 94.3 cm³/mol. The molecule has 2 aliphatic heterocycles. The van der Waals surface area contributed by atoms with Gasteiger partial charge in [-0.15, -0.1) is 0 Å². The Hall–Kier alpha value is -3.41. The molecule has 8 nitrogen and oxygen atoms in total. The molecule has 28 heavy (non-hydrogen) atoms. The van der Waals surface area contributed by atoms with Crippen LogP contribution < -0.4 is 0 Å². The summed E-state index contributed by atoms with van der Waals surface area (Å²) < 4.78 is 16.4. The van der Waals surface area contributed by atoms with Crippen molar-refractivity contribution in [3.63, 3.8) is 0 Å². The van der Waals surface area contributed by atoms with Crippen LogP contribution >= 0.6 is 0 Å². The van der Waals surface area contributed by atoms with Crippen LogP contribution in [-0.4, -0.2) is 24.8 Å². The number of ether oxygens (including phenoxy) is 3. The minimum absolute atomic E-state index is 0.293. The van der Waals surface area contributed by atoms with Crippen molar-refractivity contribution >= 4 is 11.9 Å². The zero-order valence-corrected chi connectivity index (χ0v) is 15.6. The van der Waals surface area contributed by atoms with Crippen LogP contribution in [0.3, 0.4) is 0 Å². The van der Waals surface area contributed by atoms with Gasteiger partial charge in [-0.3, -0.25) is 5.41 Å². The number of benzene rings is 1. The number of nitrogens with one attached hydrogen (secondary N) is 1. The van der Waals surface area contributed by atoms with E-state index in [2.05, 4.69) is 10.8 Å². The molecular formula is C20H18N4O4. The third-order valence-electron chi connectivity index (χ3n) is 5.76. The summed E-state index contributed by atoms with van der Waals surface area (Å²) in [5.41, 5.74) is -3.05. The summed E-state index contributed by atoms with van der Waals surface area (Å²) in [6, 6.07) is 12.1. The molecule has 2 fully saturated rings. The Balaban J connectivity index is 2.22. The molecule has 0 aliphatic carbocycles. The Kier molecular flexibility index (Phi) is 4.38. The molecule has 8 heteroatoms. The highest BCUT2D eigenvalue weighted by atomic mass is 16.7. The maximum absolute atomic E-state index is 11.7. The molecule has 0 radical (unpaired) electrons. The van der Waals surface area contributed by atoms with Crippen LogP contribution in [0.4, 0.5) is 0 Å². The van der Waals surface area contributed by atoms with E-state index >= 15 is 0 Å². The Morgan fingerprint density at radius 1 is 1.21 bits per heavy atom. The van der Waals surface area contributed by atoms with Crippen molar-refractivity contribution in [3.05, 3.63) is 35.4 Å². The van der Waals surface area contributed by atoms with Crippen LogP contribution in [0.2, 0.25) is 0 Å². The summed E-state index contributed by atoms with van der Waals surface area (Å²) in [5.74, 6) is -2.95. The van der Waals surface area contributed by atoms with E-state index in [0.717, 1.165) is 0 Å². The molecule has 3 rings (SSSR count). The number of esters is 1. The zero-order chi connectivity index (χ0) is 20.7. The van der Waals surface area contributed by atoms with E-state index in [0.29, 0.717) is 17.5 Å². The third kappa shape index (κ3) is 2.11. The van der Waals surface area contributed by atoms with Gasteiger partial charge in [0.15, 0.2) is 5.41 Å². The van der Waals surface area contributed by atoms with Crippen molar-refractivity contribution in [2.45, 2.75) is 32.2 Å². The lowest BCUT2D eigenvalue weighted by molar-refractivity contribution is -0.273. The second-order valence-corrected chi connectivity index (χ2v) is 6.97. The summed E-state index contributed by atoms with van der Waals surface area (Å²) in [5, 5.41) is 38.5. The molecular weight excluding hydrogens is 360 g/mol. The van der Waals surface area contributed by atoms with Crippen LogP contribution in [0.1, 0.15) is 42.3 Å². The van der Waals surface area contributed by atoms with E-state index < -0.39 is 40.5 Å². The molecule has 4 atom stereocenters. The number of nitrogens with zero attached hydrogens (tertiary/aromatic N) is 3. The number of rotatable bonds is 3. The van der Waals surface area contributed by atoms with Gasteiger partial charge in [0, 0.05) is 6.92 Å². The molecule has 1 N–H and O–H groups in total. The minimum atomic E-state index is -2.00. The van der Waals surface area contributed by atoms with Gasteiger partial charge in [0.05, 0.1) is 36.8 Å². The fourth-order valence-corrected chi connectivity index (χ4v) is 4.44. The van der Waals surface area contributed by atoms with Crippen molar-refractivity contribution in [2.75, 3.05) is 7.11 Å². The molecule has 4 unspecified atom stereocenters. The highest BCUT2D eigenvalue weighted by Crippen LogP contribution is 2.67. The molecule has 2 aliphatic rings. The highest BCUT2D eigenvalue weighted by molar-refractivity contribution is 5.90. The second kappa shape index (κ2) is 6.34. The van der Waals surface area contributed by atoms with Gasteiger partial charge in [0.25, 0.3) is 0 Å². The number of carbonyl (C=O) groups is 1. The Labute approximate surface area is 162 Å². The fourth-order valence-electron chi connectivity index (χ4n) is 4.44. The van der Waals surface area contributed by atoms with Crippen LogP contribution in [0, 0.1) is 56.2 Å². The van der Waals surface area contributed by atoms with Gasteiger partial charge >= 0.3 is 5.97 Å². The van der Waals surface area contributed by atoms with Gasteiger partial charge < -0.3 is 14.2 Å². The normalized spacial score (nSPS) is 32.4. The number of fused-ring (bicyclic) bond motifs is 2. The maximum atomic E-state index is 11.7. The van der Waals surface area contributed by atoms with Gasteiger partial charge in [-0.1, -0.05) is 19.1 Å². The molecule has 142 valence electrons. The molecule has 0 spiro atoms. The van der Waals surface area contributed by atoms with E-state index in [1.165, 1.54) is 19.2 Å². The highest BCUT2D eigenvalue weighted by Gasteiger charge is 2.78. The lowest BCUT2D eigenvalue weighted by atomic mass is 9.53. The van der Waals surface area contributed by atoms with Gasteiger partial charge in [-0.25, -0.2) is 4.79 Å². The number of carbonyl (C=O) groups excluding carboxylic acids is 1. The number of nitriles is 3. The maximum Gasteiger partial charge on any atom is 0.337 e. The molecule has 2 heterocycles. The van der Waals surface area contributed by atoms with Crippen LogP contribution in [-0.2, 0) is 14.2 Å². The molecule has 1 aromatic rings. The molecule has 0 saturated carbocycles. The SMILES string of the molecule is CCC1C2(C)OC(=N)C1(C#N)C(C#N)(C#N)C(c1ccc(C(=O)OC)cc1)O2. The van der Waals surface area contributed by atoms with Crippen molar-refractivity contribution < 1.29 is 19.0 Å². The third-order valence-corrected chi connectivity index (χ3v) is 5.76. The average Bonchev–Trinajstić information content (AvgIpc) is 2.89. The summed E-state index contributed by atoms with van der Waals surface area (Å²) in [6.07, 6.45) is -0.768. The lowest BCUT2D eigenvalue weighted by Crippen LogP contribution is -2.58. The van der Waals surface area contributed by atoms with Gasteiger partial charge in [-0.2, -0.15) is 15.8 Å². The van der Waals surface area contributed by atoms with Crippen molar-refractivity contribution in [3.8, 4) is 18.2 Å². The van der Waals surface area contributed by atoms with Crippen LogP contribution in [0.15, 0.2) is 24.3 Å². The molecule has 0 amide bonds. The average molecular weight is 378 g/mol. The number of methoxy groups -OCH3 is 1. The summed E-state index contributed by atoms with van der Waals surface area (Å²) in [7, 11) is 1.26. The Bertz CT molecular complexity index is 954. The number of hydrogen-bond acceptors (Lipinski definition) is 8. The van der Waals surface area contributed by atoms with Gasteiger partial charge in [0.2, 0.25) is 17.1 Å². The van der Waals surface area contributed by atoms with Gasteiger partial charge in [0.1, 0.15) is 6.10 Å². The summed E-state index contributed by atoms with van der Waals surface area (Å²) >= 11 is 0. The molecule has 2 saturated heterocycles. The summed E-state index contributed by atoms with van der Waals surface area (Å²) in [4.78, 5) is 11.7. The summed E-state index contributed by atoms with van der Waals surface area (Å²) in [6.45, 7) is 3.41. The topological polar surface area (TPSA) is 140 Å². The van der Waals surface area contributed by atoms with E-state index in [1.807, 2.05) is 12.1 Å².